The summed E-state index contributed by atoms with van der Waals surface area (Å²) in [5.74, 6) is 0.666. The maximum Gasteiger partial charge on any atom is 0.128 e. The molecule has 1 aliphatic carbocycles. The van der Waals surface area contributed by atoms with Crippen LogP contribution < -0.4 is 4.74 Å². The monoisotopic (exact) mass is 180 g/mol. The molecule has 3 heteroatoms. The third-order valence-electron chi connectivity index (χ3n) is 2.41. The Labute approximate surface area is 76.6 Å². The van der Waals surface area contributed by atoms with Crippen LogP contribution in [-0.2, 0) is 5.60 Å². The van der Waals surface area contributed by atoms with E-state index in [0.29, 0.717) is 24.2 Å². The van der Waals surface area contributed by atoms with Gasteiger partial charge < -0.3 is 14.9 Å². The van der Waals surface area contributed by atoms with E-state index in [-0.39, 0.29) is 5.75 Å². The number of phenolic OH excluding ortho intramolecular Hbond substituents is 1. The maximum atomic E-state index is 9.85. The molecule has 0 atom stereocenters. The zero-order chi connectivity index (χ0) is 9.47. The van der Waals surface area contributed by atoms with E-state index in [2.05, 4.69) is 0 Å². The van der Waals surface area contributed by atoms with Gasteiger partial charge >= 0.3 is 0 Å². The summed E-state index contributed by atoms with van der Waals surface area (Å²) in [4.78, 5) is 0. The molecule has 0 radical (unpaired) electrons. The smallest absolute Gasteiger partial charge is 0.128 e. The van der Waals surface area contributed by atoms with Crippen molar-refractivity contribution in [2.45, 2.75) is 18.4 Å². The van der Waals surface area contributed by atoms with Crippen LogP contribution in [0.3, 0.4) is 0 Å². The molecule has 0 spiro atoms. The predicted octanol–water partition coefficient (Wildman–Crippen LogP) is 1.38. The molecule has 2 N–H and O–H groups in total. The van der Waals surface area contributed by atoms with Crippen LogP contribution in [0.1, 0.15) is 18.4 Å². The van der Waals surface area contributed by atoms with Gasteiger partial charge in [0, 0.05) is 0 Å². The van der Waals surface area contributed by atoms with Gasteiger partial charge in [0.25, 0.3) is 0 Å². The minimum atomic E-state index is -0.851. The number of hydrogen-bond donors (Lipinski definition) is 2. The van der Waals surface area contributed by atoms with E-state index in [1.54, 1.807) is 18.2 Å². The SMILES string of the molecule is COc1cccc(O)c1C1(O)CC1. The standard InChI is InChI=1S/C10H12O3/c1-13-8-4-2-3-7(11)9(8)10(12)5-6-10/h2-4,11-12H,5-6H2,1H3. The minimum Gasteiger partial charge on any atom is -0.507 e. The van der Waals surface area contributed by atoms with Gasteiger partial charge in [-0.05, 0) is 25.0 Å². The zero-order valence-corrected chi connectivity index (χ0v) is 7.45. The Hall–Kier alpha value is -1.22. The fourth-order valence-corrected chi connectivity index (χ4v) is 1.53. The van der Waals surface area contributed by atoms with Crippen LogP contribution in [0.25, 0.3) is 0 Å². The van der Waals surface area contributed by atoms with E-state index in [9.17, 15) is 10.2 Å². The Morgan fingerprint density at radius 2 is 2.08 bits per heavy atom. The summed E-state index contributed by atoms with van der Waals surface area (Å²) >= 11 is 0. The number of ether oxygens (including phenoxy) is 1. The van der Waals surface area contributed by atoms with E-state index >= 15 is 0 Å². The van der Waals surface area contributed by atoms with Gasteiger partial charge in [-0.2, -0.15) is 0 Å². The Kier molecular flexibility index (Phi) is 1.70. The molecule has 0 aromatic heterocycles. The quantitative estimate of drug-likeness (QED) is 0.723. The van der Waals surface area contributed by atoms with Gasteiger partial charge in [-0.15, -0.1) is 0 Å². The molecule has 1 aliphatic rings. The molecule has 0 unspecified atom stereocenters. The van der Waals surface area contributed by atoms with E-state index in [1.165, 1.54) is 7.11 Å². The highest BCUT2D eigenvalue weighted by Crippen LogP contribution is 2.51. The summed E-state index contributed by atoms with van der Waals surface area (Å²) in [5, 5.41) is 19.4. The van der Waals surface area contributed by atoms with E-state index in [0.717, 1.165) is 0 Å². The summed E-state index contributed by atoms with van der Waals surface area (Å²) in [5.41, 5.74) is -0.325. The molecular formula is C10H12O3. The van der Waals surface area contributed by atoms with Gasteiger partial charge in [0.15, 0.2) is 0 Å². The second-order valence-corrected chi connectivity index (χ2v) is 3.39. The van der Waals surface area contributed by atoms with Gasteiger partial charge in [-0.1, -0.05) is 6.07 Å². The third kappa shape index (κ3) is 1.25. The summed E-state index contributed by atoms with van der Waals surface area (Å²) in [7, 11) is 1.53. The van der Waals surface area contributed by atoms with Gasteiger partial charge in [-0.3, -0.25) is 0 Å². The number of aliphatic hydroxyl groups is 1. The molecule has 1 fully saturated rings. The lowest BCUT2D eigenvalue weighted by Crippen LogP contribution is -2.06. The number of benzene rings is 1. The molecule has 1 aromatic carbocycles. The fraction of sp³-hybridized carbons (Fsp3) is 0.400. The van der Waals surface area contributed by atoms with E-state index in [4.69, 9.17) is 4.74 Å². The van der Waals surface area contributed by atoms with Crippen molar-refractivity contribution in [1.29, 1.82) is 0 Å². The van der Waals surface area contributed by atoms with Crippen molar-refractivity contribution in [1.82, 2.24) is 0 Å². The highest BCUT2D eigenvalue weighted by atomic mass is 16.5. The second-order valence-electron chi connectivity index (χ2n) is 3.39. The average Bonchev–Trinajstić information content (AvgIpc) is 2.84. The highest BCUT2D eigenvalue weighted by molar-refractivity contribution is 5.49. The fourth-order valence-electron chi connectivity index (χ4n) is 1.53. The molecule has 0 aliphatic heterocycles. The molecule has 70 valence electrons. The first-order chi connectivity index (χ1) is 6.17. The number of hydrogen-bond acceptors (Lipinski definition) is 3. The molecule has 3 nitrogen and oxygen atoms in total. The van der Waals surface area contributed by atoms with Crippen LogP contribution in [0.2, 0.25) is 0 Å². The molecule has 0 bridgehead atoms. The first-order valence-corrected chi connectivity index (χ1v) is 4.26. The molecule has 1 saturated carbocycles. The summed E-state index contributed by atoms with van der Waals surface area (Å²) in [6.07, 6.45) is 1.39. The van der Waals surface area contributed by atoms with E-state index in [1.807, 2.05) is 0 Å². The van der Waals surface area contributed by atoms with Crippen molar-refractivity contribution in [3.8, 4) is 11.5 Å². The Morgan fingerprint density at radius 3 is 2.62 bits per heavy atom. The topological polar surface area (TPSA) is 49.7 Å². The van der Waals surface area contributed by atoms with E-state index < -0.39 is 5.60 Å². The predicted molar refractivity (Wildman–Crippen MR) is 47.8 cm³/mol. The molecule has 0 heterocycles. The molecule has 0 amide bonds. The molecule has 13 heavy (non-hydrogen) atoms. The van der Waals surface area contributed by atoms with Crippen molar-refractivity contribution in [2.24, 2.45) is 0 Å². The number of phenols is 1. The first kappa shape index (κ1) is 8.38. The van der Waals surface area contributed by atoms with Crippen molar-refractivity contribution >= 4 is 0 Å². The van der Waals surface area contributed by atoms with Crippen molar-refractivity contribution in [3.63, 3.8) is 0 Å². The van der Waals surface area contributed by atoms with Gasteiger partial charge in [0.2, 0.25) is 0 Å². The van der Waals surface area contributed by atoms with Gasteiger partial charge in [0.1, 0.15) is 11.5 Å². The third-order valence-corrected chi connectivity index (χ3v) is 2.41. The Morgan fingerprint density at radius 1 is 1.38 bits per heavy atom. The summed E-state index contributed by atoms with van der Waals surface area (Å²) in [6.45, 7) is 0. The maximum absolute atomic E-state index is 9.85. The lowest BCUT2D eigenvalue weighted by atomic mass is 10.1. The number of methoxy groups -OCH3 is 1. The van der Waals surface area contributed by atoms with Crippen LogP contribution in [0.5, 0.6) is 11.5 Å². The normalized spacial score (nSPS) is 18.3. The van der Waals surface area contributed by atoms with Crippen molar-refractivity contribution in [3.05, 3.63) is 23.8 Å². The minimum absolute atomic E-state index is 0.111. The second kappa shape index (κ2) is 2.64. The molecule has 2 rings (SSSR count). The number of rotatable bonds is 2. The van der Waals surface area contributed by atoms with Crippen molar-refractivity contribution < 1.29 is 14.9 Å². The van der Waals surface area contributed by atoms with Crippen LogP contribution in [0, 0.1) is 0 Å². The van der Waals surface area contributed by atoms with Gasteiger partial charge in [0.05, 0.1) is 18.3 Å². The van der Waals surface area contributed by atoms with Crippen LogP contribution >= 0.6 is 0 Å². The Bertz CT molecular complexity index is 329. The highest BCUT2D eigenvalue weighted by Gasteiger charge is 2.46. The molecular weight excluding hydrogens is 168 g/mol. The molecule has 1 aromatic rings. The van der Waals surface area contributed by atoms with Gasteiger partial charge in [-0.25, -0.2) is 0 Å². The Balaban J connectivity index is 2.52. The zero-order valence-electron chi connectivity index (χ0n) is 7.45. The average molecular weight is 180 g/mol. The van der Waals surface area contributed by atoms with Crippen LogP contribution in [0.4, 0.5) is 0 Å². The largest absolute Gasteiger partial charge is 0.507 e. The summed E-state index contributed by atoms with van der Waals surface area (Å²) in [6, 6.07) is 5.00. The van der Waals surface area contributed by atoms with Crippen LogP contribution in [-0.4, -0.2) is 17.3 Å². The summed E-state index contributed by atoms with van der Waals surface area (Å²) < 4.78 is 5.07. The van der Waals surface area contributed by atoms with Crippen LogP contribution in [0.15, 0.2) is 18.2 Å². The lowest BCUT2D eigenvalue weighted by molar-refractivity contribution is 0.143. The molecule has 0 saturated heterocycles. The lowest BCUT2D eigenvalue weighted by Gasteiger charge is -2.14. The number of aromatic hydroxyl groups is 1. The first-order valence-electron chi connectivity index (χ1n) is 4.26. The van der Waals surface area contributed by atoms with Crippen molar-refractivity contribution in [2.75, 3.05) is 7.11 Å².